The molecule has 0 aliphatic carbocycles. The van der Waals surface area contributed by atoms with Gasteiger partial charge in [-0.3, -0.25) is 9.29 Å². The summed E-state index contributed by atoms with van der Waals surface area (Å²) in [6.07, 6.45) is 0.579. The first-order chi connectivity index (χ1) is 8.72. The monoisotopic (exact) mass is 350 g/mol. The summed E-state index contributed by atoms with van der Waals surface area (Å²) < 4.78 is 13.9. The van der Waals surface area contributed by atoms with Crippen LogP contribution in [0.5, 0.6) is 0 Å². The summed E-state index contributed by atoms with van der Waals surface area (Å²) in [4.78, 5) is 2.38. The summed E-state index contributed by atoms with van der Waals surface area (Å²) in [7, 11) is 0. The van der Waals surface area contributed by atoms with E-state index in [9.17, 15) is 4.39 Å². The van der Waals surface area contributed by atoms with Gasteiger partial charge < -0.3 is 5.32 Å². The second kappa shape index (κ2) is 8.20. The molecule has 1 aliphatic rings. The van der Waals surface area contributed by atoms with E-state index in [4.69, 9.17) is 0 Å². The minimum Gasteiger partial charge on any atom is -0.314 e. The van der Waals surface area contributed by atoms with Crippen LogP contribution in [0.15, 0.2) is 22.7 Å². The zero-order chi connectivity index (χ0) is 13.0. The number of aryl methyl sites for hydroxylation is 1. The van der Waals surface area contributed by atoms with E-state index < -0.39 is 0 Å². The number of nitrogens with one attached hydrogen (secondary N) is 1. The van der Waals surface area contributed by atoms with Gasteiger partial charge in [-0.15, -0.1) is 12.4 Å². The maximum atomic E-state index is 12.8. The van der Waals surface area contributed by atoms with Gasteiger partial charge in [0.2, 0.25) is 0 Å². The SMILES string of the molecule is Cc1ccc([C@@H](CCF)N2CCNCC2)cc1Br.Cl. The van der Waals surface area contributed by atoms with Crippen LogP contribution in [0.2, 0.25) is 0 Å². The average molecular weight is 352 g/mol. The highest BCUT2D eigenvalue weighted by Gasteiger charge is 2.22. The lowest BCUT2D eigenvalue weighted by Gasteiger charge is -2.35. The first kappa shape index (κ1) is 16.9. The van der Waals surface area contributed by atoms with E-state index in [2.05, 4.69) is 51.3 Å². The van der Waals surface area contributed by atoms with Gasteiger partial charge in [0.05, 0.1) is 6.67 Å². The molecule has 1 fully saturated rings. The molecule has 2 rings (SSSR count). The Bertz CT molecular complexity index is 397. The van der Waals surface area contributed by atoms with Crippen LogP contribution in [0.1, 0.15) is 23.6 Å². The first-order valence-corrected chi connectivity index (χ1v) is 7.28. The summed E-state index contributed by atoms with van der Waals surface area (Å²) in [6.45, 7) is 5.79. The fourth-order valence-electron chi connectivity index (χ4n) is 2.47. The number of rotatable bonds is 4. The highest BCUT2D eigenvalue weighted by Crippen LogP contribution is 2.28. The molecule has 108 valence electrons. The molecule has 2 nitrogen and oxygen atoms in total. The van der Waals surface area contributed by atoms with Gasteiger partial charge in [0, 0.05) is 36.7 Å². The molecule has 0 radical (unpaired) electrons. The number of hydrogen-bond donors (Lipinski definition) is 1. The molecule has 0 spiro atoms. The average Bonchev–Trinajstić information content (AvgIpc) is 2.40. The van der Waals surface area contributed by atoms with Crippen LogP contribution < -0.4 is 5.32 Å². The van der Waals surface area contributed by atoms with Gasteiger partial charge in [0.15, 0.2) is 0 Å². The minimum absolute atomic E-state index is 0. The van der Waals surface area contributed by atoms with Crippen molar-refractivity contribution in [2.45, 2.75) is 19.4 Å². The van der Waals surface area contributed by atoms with Gasteiger partial charge in [-0.25, -0.2) is 0 Å². The predicted molar refractivity (Wildman–Crippen MR) is 83.9 cm³/mol. The Kier molecular flexibility index (Phi) is 7.29. The number of alkyl halides is 1. The Hall–Kier alpha value is -0.160. The second-order valence-corrected chi connectivity index (χ2v) is 5.64. The largest absolute Gasteiger partial charge is 0.314 e. The highest BCUT2D eigenvalue weighted by molar-refractivity contribution is 9.10. The quantitative estimate of drug-likeness (QED) is 0.893. The van der Waals surface area contributed by atoms with Crippen molar-refractivity contribution in [2.75, 3.05) is 32.9 Å². The summed E-state index contributed by atoms with van der Waals surface area (Å²) in [6, 6.07) is 6.57. The van der Waals surface area contributed by atoms with Crippen LogP contribution in [-0.4, -0.2) is 37.8 Å². The van der Waals surface area contributed by atoms with Crippen LogP contribution in [0.4, 0.5) is 4.39 Å². The number of benzene rings is 1. The van der Waals surface area contributed by atoms with Crippen LogP contribution >= 0.6 is 28.3 Å². The molecule has 0 bridgehead atoms. The molecular formula is C14H21BrClFN2. The molecular weight excluding hydrogens is 331 g/mol. The first-order valence-electron chi connectivity index (χ1n) is 6.49. The van der Waals surface area contributed by atoms with Crippen molar-refractivity contribution in [3.05, 3.63) is 33.8 Å². The summed E-state index contributed by atoms with van der Waals surface area (Å²) in [5, 5.41) is 3.34. The van der Waals surface area contributed by atoms with Crippen molar-refractivity contribution in [3.8, 4) is 0 Å². The molecule has 0 amide bonds. The maximum absolute atomic E-state index is 12.8. The standard InChI is InChI=1S/C14H20BrFN2.ClH/c1-11-2-3-12(10-13(11)15)14(4-5-16)18-8-6-17-7-9-18;/h2-3,10,14,17H,4-9H2,1H3;1H/t14-;/m1./s1. The Labute approximate surface area is 129 Å². The fourth-order valence-corrected chi connectivity index (χ4v) is 2.87. The van der Waals surface area contributed by atoms with Gasteiger partial charge in [0.1, 0.15) is 0 Å². The Morgan fingerprint density at radius 3 is 2.63 bits per heavy atom. The van der Waals surface area contributed by atoms with Crippen molar-refractivity contribution in [3.63, 3.8) is 0 Å². The number of nitrogens with zero attached hydrogens (tertiary/aromatic N) is 1. The molecule has 19 heavy (non-hydrogen) atoms. The van der Waals surface area contributed by atoms with Gasteiger partial charge in [-0.2, -0.15) is 0 Å². The lowest BCUT2D eigenvalue weighted by molar-refractivity contribution is 0.157. The number of halogens is 3. The van der Waals surface area contributed by atoms with Crippen LogP contribution in [-0.2, 0) is 0 Å². The van der Waals surface area contributed by atoms with Crippen LogP contribution in [0.25, 0.3) is 0 Å². The zero-order valence-electron chi connectivity index (χ0n) is 11.2. The van der Waals surface area contributed by atoms with Gasteiger partial charge >= 0.3 is 0 Å². The Morgan fingerprint density at radius 1 is 1.37 bits per heavy atom. The predicted octanol–water partition coefficient (Wildman–Crippen LogP) is 3.49. The lowest BCUT2D eigenvalue weighted by Crippen LogP contribution is -2.45. The normalized spacial score (nSPS) is 17.8. The van der Waals surface area contributed by atoms with Crippen LogP contribution in [0.3, 0.4) is 0 Å². The molecule has 1 aromatic rings. The van der Waals surface area contributed by atoms with E-state index in [1.54, 1.807) is 0 Å². The third kappa shape index (κ3) is 4.42. The Morgan fingerprint density at radius 2 is 2.05 bits per heavy atom. The maximum Gasteiger partial charge on any atom is 0.0912 e. The molecule has 0 unspecified atom stereocenters. The van der Waals surface area contributed by atoms with E-state index in [0.717, 1.165) is 30.7 Å². The van der Waals surface area contributed by atoms with Gasteiger partial charge in [-0.1, -0.05) is 28.1 Å². The smallest absolute Gasteiger partial charge is 0.0912 e. The van der Waals surface area contributed by atoms with Crippen LogP contribution in [0, 0.1) is 6.92 Å². The van der Waals surface area contributed by atoms with Crippen molar-refractivity contribution >= 4 is 28.3 Å². The summed E-state index contributed by atoms with van der Waals surface area (Å²) in [5.74, 6) is 0. The van der Waals surface area contributed by atoms with Crippen molar-refractivity contribution in [2.24, 2.45) is 0 Å². The third-order valence-corrected chi connectivity index (χ3v) is 4.41. The molecule has 1 aliphatic heterocycles. The second-order valence-electron chi connectivity index (χ2n) is 4.79. The molecule has 1 atom stereocenters. The summed E-state index contributed by atoms with van der Waals surface area (Å²) in [5.41, 5.74) is 2.44. The van der Waals surface area contributed by atoms with Crippen molar-refractivity contribution in [1.29, 1.82) is 0 Å². The van der Waals surface area contributed by atoms with E-state index in [1.165, 1.54) is 11.1 Å². The molecule has 0 saturated carbocycles. The molecule has 1 aromatic carbocycles. The minimum atomic E-state index is -0.264. The van der Waals surface area contributed by atoms with Crippen molar-refractivity contribution < 1.29 is 4.39 Å². The third-order valence-electron chi connectivity index (χ3n) is 3.56. The van der Waals surface area contributed by atoms with Gasteiger partial charge in [-0.05, 0) is 30.5 Å². The molecule has 5 heteroatoms. The van der Waals surface area contributed by atoms with E-state index in [-0.39, 0.29) is 25.1 Å². The van der Waals surface area contributed by atoms with Crippen molar-refractivity contribution in [1.82, 2.24) is 10.2 Å². The van der Waals surface area contributed by atoms with E-state index in [1.807, 2.05) is 0 Å². The lowest BCUT2D eigenvalue weighted by atomic mass is 10.0. The van der Waals surface area contributed by atoms with E-state index in [0.29, 0.717) is 6.42 Å². The van der Waals surface area contributed by atoms with E-state index >= 15 is 0 Å². The number of piperazine rings is 1. The summed E-state index contributed by atoms with van der Waals surface area (Å²) >= 11 is 3.56. The Balaban J connectivity index is 0.00000180. The molecule has 1 heterocycles. The fraction of sp³-hybridized carbons (Fsp3) is 0.571. The molecule has 1 N–H and O–H groups in total. The molecule has 1 saturated heterocycles. The zero-order valence-corrected chi connectivity index (χ0v) is 13.6. The number of hydrogen-bond acceptors (Lipinski definition) is 2. The molecule has 0 aromatic heterocycles. The topological polar surface area (TPSA) is 15.3 Å². The highest BCUT2D eigenvalue weighted by atomic mass is 79.9. The van der Waals surface area contributed by atoms with Gasteiger partial charge in [0.25, 0.3) is 0 Å².